The predicted molar refractivity (Wildman–Crippen MR) is 148 cm³/mol. The number of aliphatic hydroxyl groups excluding tert-OH is 1. The second kappa shape index (κ2) is 12.7. The summed E-state index contributed by atoms with van der Waals surface area (Å²) >= 11 is 0. The summed E-state index contributed by atoms with van der Waals surface area (Å²) in [6, 6.07) is 13.7. The summed E-state index contributed by atoms with van der Waals surface area (Å²) in [4.78, 5) is 24.9. The Morgan fingerprint density at radius 1 is 1.15 bits per heavy atom. The summed E-state index contributed by atoms with van der Waals surface area (Å²) in [6.07, 6.45) is -1.21. The van der Waals surface area contributed by atoms with Gasteiger partial charge in [-0.2, -0.15) is 4.31 Å². The highest BCUT2D eigenvalue weighted by molar-refractivity contribution is 7.89. The Hall–Kier alpha value is -3.23. The number of nitrogens with zero attached hydrogens (tertiary/aromatic N) is 1. The van der Waals surface area contributed by atoms with Crippen molar-refractivity contribution in [3.63, 3.8) is 0 Å². The zero-order valence-corrected chi connectivity index (χ0v) is 23.4. The van der Waals surface area contributed by atoms with Gasteiger partial charge < -0.3 is 35.7 Å². The van der Waals surface area contributed by atoms with Crippen LogP contribution in [0.5, 0.6) is 0 Å². The first-order valence-corrected chi connectivity index (χ1v) is 15.2. The molecule has 0 spiro atoms. The number of ether oxygens (including phenoxy) is 3. The van der Waals surface area contributed by atoms with Crippen molar-refractivity contribution >= 4 is 27.7 Å². The number of nitrogens with two attached hydrogens (primary N) is 1. The van der Waals surface area contributed by atoms with Crippen LogP contribution in [0.25, 0.3) is 0 Å². The Kier molecular flexibility index (Phi) is 9.09. The summed E-state index contributed by atoms with van der Waals surface area (Å²) < 4.78 is 45.3. The van der Waals surface area contributed by atoms with Gasteiger partial charge in [-0.3, -0.25) is 4.79 Å². The van der Waals surface area contributed by atoms with E-state index in [0.717, 1.165) is 9.87 Å². The van der Waals surface area contributed by atoms with Crippen molar-refractivity contribution in [3.05, 3.63) is 60.2 Å². The minimum atomic E-state index is -4.09. The molecule has 222 valence electrons. The number of hydrogen-bond donors (Lipinski definition) is 4. The quantitative estimate of drug-likeness (QED) is 0.280. The number of anilines is 1. The number of alkyl carbamates (subject to hydrolysis) is 1. The first kappa shape index (κ1) is 29.3. The average Bonchev–Trinajstić information content (AvgIpc) is 3.68. The maximum absolute atomic E-state index is 13.7. The predicted octanol–water partition coefficient (Wildman–Crippen LogP) is 0.998. The molecule has 1 unspecified atom stereocenters. The molecule has 41 heavy (non-hydrogen) atoms. The van der Waals surface area contributed by atoms with Crippen molar-refractivity contribution in [1.29, 1.82) is 0 Å². The van der Waals surface area contributed by atoms with Crippen LogP contribution in [0, 0.1) is 5.92 Å². The van der Waals surface area contributed by atoms with Crippen LogP contribution < -0.4 is 16.4 Å². The van der Waals surface area contributed by atoms with Gasteiger partial charge in [-0.25, -0.2) is 13.2 Å². The molecule has 3 aliphatic rings. The Labute approximate surface area is 239 Å². The highest BCUT2D eigenvalue weighted by atomic mass is 32.2. The lowest BCUT2D eigenvalue weighted by Crippen LogP contribution is -2.53. The molecule has 5 N–H and O–H groups in total. The van der Waals surface area contributed by atoms with E-state index in [2.05, 4.69) is 10.6 Å². The number of amides is 2. The van der Waals surface area contributed by atoms with Crippen LogP contribution in [-0.4, -0.2) is 86.7 Å². The fraction of sp³-hybridized carbons (Fsp3) is 0.500. The molecule has 2 aromatic carbocycles. The molecule has 2 aromatic rings. The highest BCUT2D eigenvalue weighted by Crippen LogP contribution is 2.33. The molecule has 0 radical (unpaired) electrons. The summed E-state index contributed by atoms with van der Waals surface area (Å²) in [5.74, 6) is -0.210. The van der Waals surface area contributed by atoms with Crippen LogP contribution in [0.1, 0.15) is 24.8 Å². The number of aliphatic hydroxyl groups is 1. The lowest BCUT2D eigenvalue weighted by Gasteiger charge is -2.31. The van der Waals surface area contributed by atoms with Crippen molar-refractivity contribution in [2.45, 2.75) is 61.2 Å². The van der Waals surface area contributed by atoms with Crippen LogP contribution >= 0.6 is 0 Å². The highest BCUT2D eigenvalue weighted by Gasteiger charge is 2.44. The van der Waals surface area contributed by atoms with Crippen molar-refractivity contribution in [3.8, 4) is 0 Å². The van der Waals surface area contributed by atoms with E-state index in [9.17, 15) is 23.1 Å². The second-order valence-corrected chi connectivity index (χ2v) is 12.6. The van der Waals surface area contributed by atoms with Gasteiger partial charge in [0, 0.05) is 31.2 Å². The van der Waals surface area contributed by atoms with Gasteiger partial charge in [0.25, 0.3) is 0 Å². The third kappa shape index (κ3) is 7.16. The van der Waals surface area contributed by atoms with E-state index in [1.54, 1.807) is 0 Å². The number of carbonyl (C=O) groups excluding carboxylic acids is 2. The Morgan fingerprint density at radius 2 is 1.90 bits per heavy atom. The van der Waals surface area contributed by atoms with Crippen molar-refractivity contribution < 1.29 is 37.3 Å². The van der Waals surface area contributed by atoms with Gasteiger partial charge in [0.15, 0.2) is 6.29 Å². The number of nitrogen functional groups attached to an aromatic ring is 1. The number of nitrogens with one attached hydrogen (secondary N) is 2. The monoisotopic (exact) mass is 588 g/mol. The summed E-state index contributed by atoms with van der Waals surface area (Å²) in [5, 5.41) is 17.0. The molecule has 3 aliphatic heterocycles. The minimum Gasteiger partial charge on any atom is -0.443 e. The summed E-state index contributed by atoms with van der Waals surface area (Å²) in [6.45, 7) is 0.379. The molecule has 3 saturated heterocycles. The molecular formula is C28H36N4O8S. The first-order chi connectivity index (χ1) is 19.7. The number of rotatable bonds is 11. The molecule has 0 saturated carbocycles. The molecule has 0 bridgehead atoms. The van der Waals surface area contributed by atoms with Crippen molar-refractivity contribution in [2.24, 2.45) is 5.92 Å². The van der Waals surface area contributed by atoms with Gasteiger partial charge in [-0.1, -0.05) is 30.3 Å². The van der Waals surface area contributed by atoms with E-state index in [1.807, 2.05) is 30.3 Å². The number of carbonyl (C=O) groups is 2. The molecule has 6 atom stereocenters. The molecular weight excluding hydrogens is 552 g/mol. The normalized spacial score (nSPS) is 25.5. The second-order valence-electron chi connectivity index (χ2n) is 10.7. The van der Waals surface area contributed by atoms with Gasteiger partial charge in [-0.05, 0) is 49.1 Å². The van der Waals surface area contributed by atoms with Gasteiger partial charge in [-0.15, -0.1) is 0 Å². The number of sulfonamides is 1. The zero-order chi connectivity index (χ0) is 29.0. The zero-order valence-electron chi connectivity index (χ0n) is 22.6. The van der Waals surface area contributed by atoms with Gasteiger partial charge >= 0.3 is 6.09 Å². The fourth-order valence-corrected chi connectivity index (χ4v) is 6.98. The average molecular weight is 589 g/mol. The Morgan fingerprint density at radius 3 is 2.61 bits per heavy atom. The Bertz CT molecular complexity index is 1310. The Balaban J connectivity index is 1.34. The maximum Gasteiger partial charge on any atom is 0.407 e. The van der Waals surface area contributed by atoms with E-state index < -0.39 is 40.4 Å². The van der Waals surface area contributed by atoms with Crippen LogP contribution in [0.3, 0.4) is 0 Å². The molecule has 0 aromatic heterocycles. The van der Waals surface area contributed by atoms with E-state index in [0.29, 0.717) is 31.6 Å². The van der Waals surface area contributed by atoms with Crippen LogP contribution in [-0.2, 0) is 35.4 Å². The van der Waals surface area contributed by atoms with Crippen LogP contribution in [0.2, 0.25) is 0 Å². The summed E-state index contributed by atoms with van der Waals surface area (Å²) in [5.41, 5.74) is 7.00. The van der Waals surface area contributed by atoms with Gasteiger partial charge in [0.1, 0.15) is 6.10 Å². The van der Waals surface area contributed by atoms with Gasteiger partial charge in [0.05, 0.1) is 36.2 Å². The van der Waals surface area contributed by atoms with Crippen molar-refractivity contribution in [2.75, 3.05) is 32.0 Å². The minimum absolute atomic E-state index is 0.00442. The largest absolute Gasteiger partial charge is 0.443 e. The standard InChI is InChI=1S/C28H36N4O8S/c29-19-6-9-21(10-7-19)41(36,37)32(15-20-8-11-26(34)30-20)16-24(33)23(14-18-4-2-1-3-5-18)31-28(35)40-25-17-39-27-22(25)12-13-38-27/h1-7,9-10,20,22-25,27,33H,8,11-17,29H2,(H,30,34)(H,31,35)/t20-,22-,23-,24+,25?,27+/m0/s1. The molecule has 5 rings (SSSR count). The number of hydrogen-bond acceptors (Lipinski definition) is 9. The molecule has 2 amide bonds. The number of benzene rings is 2. The molecule has 12 nitrogen and oxygen atoms in total. The lowest BCUT2D eigenvalue weighted by molar-refractivity contribution is -0.119. The third-order valence-corrected chi connectivity index (χ3v) is 9.57. The smallest absolute Gasteiger partial charge is 0.407 e. The third-order valence-electron chi connectivity index (χ3n) is 7.73. The van der Waals surface area contributed by atoms with E-state index in [-0.39, 0.29) is 49.1 Å². The van der Waals surface area contributed by atoms with E-state index >= 15 is 0 Å². The molecule has 13 heteroatoms. The van der Waals surface area contributed by atoms with E-state index in [4.69, 9.17) is 19.9 Å². The number of fused-ring (bicyclic) bond motifs is 1. The summed E-state index contributed by atoms with van der Waals surface area (Å²) in [7, 11) is -4.09. The van der Waals surface area contributed by atoms with Crippen LogP contribution in [0.4, 0.5) is 10.5 Å². The SMILES string of the molecule is Nc1ccc(S(=O)(=O)N(C[C@@H]2CCC(=O)N2)C[C@@H](O)[C@H](Cc2ccccc2)NC(=O)OC2CO[C@H]3OCC[C@@H]23)cc1. The molecule has 3 fully saturated rings. The van der Waals surface area contributed by atoms with Gasteiger partial charge in [0.2, 0.25) is 15.9 Å². The van der Waals surface area contributed by atoms with E-state index in [1.165, 1.54) is 24.3 Å². The topological polar surface area (TPSA) is 170 Å². The molecule has 3 heterocycles. The fourth-order valence-electron chi connectivity index (χ4n) is 5.48. The van der Waals surface area contributed by atoms with Crippen molar-refractivity contribution in [1.82, 2.24) is 14.9 Å². The molecule has 0 aliphatic carbocycles. The van der Waals surface area contributed by atoms with Crippen LogP contribution in [0.15, 0.2) is 59.5 Å². The maximum atomic E-state index is 13.7. The lowest BCUT2D eigenvalue weighted by atomic mass is 10.0. The first-order valence-electron chi connectivity index (χ1n) is 13.8.